The van der Waals surface area contributed by atoms with Gasteiger partial charge in [-0.05, 0) is 39.5 Å². The quantitative estimate of drug-likeness (QED) is 0.803. The summed E-state index contributed by atoms with van der Waals surface area (Å²) in [6.07, 6.45) is 4.89. The van der Waals surface area contributed by atoms with Gasteiger partial charge in [-0.1, -0.05) is 6.92 Å². The first-order chi connectivity index (χ1) is 9.16. The Balaban J connectivity index is 2.31. The van der Waals surface area contributed by atoms with Crippen molar-refractivity contribution in [3.8, 4) is 0 Å². The fourth-order valence-corrected chi connectivity index (χ4v) is 3.52. The van der Waals surface area contributed by atoms with Crippen LogP contribution in [0.3, 0.4) is 0 Å². The molecular weight excluding hydrogens is 260 g/mol. The van der Waals surface area contributed by atoms with Crippen molar-refractivity contribution in [2.45, 2.75) is 64.4 Å². The Morgan fingerprint density at radius 1 is 1.32 bits per heavy atom. The molecule has 1 saturated carbocycles. The van der Waals surface area contributed by atoms with E-state index in [1.807, 2.05) is 6.92 Å². The third kappa shape index (κ3) is 1.65. The maximum atomic E-state index is 6.14. The van der Waals surface area contributed by atoms with Gasteiger partial charge >= 0.3 is 0 Å². The van der Waals surface area contributed by atoms with Crippen molar-refractivity contribution in [2.75, 3.05) is 0 Å². The van der Waals surface area contributed by atoms with Crippen molar-refractivity contribution < 1.29 is 0 Å². The SMILES string of the molecule is CCn1nc(C)c2nc(CCl)n(C3(CC)CCC3)c21. The minimum absolute atomic E-state index is 0.221. The van der Waals surface area contributed by atoms with E-state index in [1.165, 1.54) is 19.3 Å². The molecule has 19 heavy (non-hydrogen) atoms. The number of aromatic nitrogens is 4. The van der Waals surface area contributed by atoms with Crippen molar-refractivity contribution in [3.05, 3.63) is 11.5 Å². The molecule has 0 spiro atoms. The number of nitrogens with zero attached hydrogens (tertiary/aromatic N) is 4. The number of alkyl halides is 1. The van der Waals surface area contributed by atoms with Crippen LogP contribution in [-0.2, 0) is 18.0 Å². The van der Waals surface area contributed by atoms with Crippen LogP contribution in [0.25, 0.3) is 11.2 Å². The molecule has 0 unspecified atom stereocenters. The molecule has 0 saturated heterocycles. The smallest absolute Gasteiger partial charge is 0.159 e. The van der Waals surface area contributed by atoms with Crippen LogP contribution in [0.5, 0.6) is 0 Å². The highest BCUT2D eigenvalue weighted by Crippen LogP contribution is 2.45. The highest BCUT2D eigenvalue weighted by Gasteiger charge is 2.40. The predicted molar refractivity (Wildman–Crippen MR) is 77.6 cm³/mol. The summed E-state index contributed by atoms with van der Waals surface area (Å²) in [4.78, 5) is 4.74. The lowest BCUT2D eigenvalue weighted by atomic mass is 9.74. The summed E-state index contributed by atoms with van der Waals surface area (Å²) in [5.41, 5.74) is 3.42. The van der Waals surface area contributed by atoms with Crippen LogP contribution in [0.1, 0.15) is 51.0 Å². The Morgan fingerprint density at radius 2 is 2.05 bits per heavy atom. The zero-order valence-corrected chi connectivity index (χ0v) is 12.7. The maximum absolute atomic E-state index is 6.14. The van der Waals surface area contributed by atoms with Gasteiger partial charge in [0.15, 0.2) is 5.65 Å². The summed E-state index contributed by atoms with van der Waals surface area (Å²) >= 11 is 6.14. The van der Waals surface area contributed by atoms with Gasteiger partial charge in [0.25, 0.3) is 0 Å². The zero-order valence-electron chi connectivity index (χ0n) is 11.9. The van der Waals surface area contributed by atoms with Crippen LogP contribution in [0.4, 0.5) is 0 Å². The molecule has 104 valence electrons. The fraction of sp³-hybridized carbons (Fsp3) is 0.714. The van der Waals surface area contributed by atoms with Crippen LogP contribution in [0, 0.1) is 6.92 Å². The Bertz CT molecular complexity index is 601. The third-order valence-corrected chi connectivity index (χ3v) is 4.86. The molecule has 0 N–H and O–H groups in total. The minimum atomic E-state index is 0.221. The second-order valence-electron chi connectivity index (χ2n) is 5.50. The van der Waals surface area contributed by atoms with E-state index >= 15 is 0 Å². The zero-order chi connectivity index (χ0) is 13.6. The topological polar surface area (TPSA) is 35.6 Å². The van der Waals surface area contributed by atoms with Gasteiger partial charge in [0.1, 0.15) is 11.3 Å². The predicted octanol–water partition coefficient (Wildman–Crippen LogP) is 3.59. The summed E-state index contributed by atoms with van der Waals surface area (Å²) in [7, 11) is 0. The molecular formula is C14H21ClN4. The van der Waals surface area contributed by atoms with E-state index in [2.05, 4.69) is 28.2 Å². The van der Waals surface area contributed by atoms with Crippen molar-refractivity contribution in [2.24, 2.45) is 0 Å². The molecule has 0 bridgehead atoms. The van der Waals surface area contributed by atoms with Gasteiger partial charge in [-0.3, -0.25) is 0 Å². The van der Waals surface area contributed by atoms with E-state index < -0.39 is 0 Å². The molecule has 0 atom stereocenters. The van der Waals surface area contributed by atoms with Gasteiger partial charge in [-0.2, -0.15) is 5.10 Å². The molecule has 0 radical (unpaired) electrons. The number of aryl methyl sites for hydroxylation is 2. The van der Waals surface area contributed by atoms with Crippen LogP contribution < -0.4 is 0 Å². The Kier molecular flexibility index (Phi) is 3.08. The molecule has 0 aliphatic heterocycles. The highest BCUT2D eigenvalue weighted by atomic mass is 35.5. The van der Waals surface area contributed by atoms with E-state index in [0.717, 1.165) is 35.6 Å². The Labute approximate surface area is 118 Å². The largest absolute Gasteiger partial charge is 0.306 e. The number of imidazole rings is 1. The molecule has 1 fully saturated rings. The lowest BCUT2D eigenvalue weighted by Crippen LogP contribution is -2.41. The summed E-state index contributed by atoms with van der Waals surface area (Å²) in [6, 6.07) is 0. The number of hydrogen-bond donors (Lipinski definition) is 0. The first-order valence-electron chi connectivity index (χ1n) is 7.18. The van der Waals surface area contributed by atoms with Crippen molar-refractivity contribution in [3.63, 3.8) is 0 Å². The lowest BCUT2D eigenvalue weighted by Gasteiger charge is -2.43. The number of fused-ring (bicyclic) bond motifs is 1. The van der Waals surface area contributed by atoms with Crippen LogP contribution in [-0.4, -0.2) is 19.3 Å². The Hall–Kier alpha value is -1.03. The molecule has 4 nitrogen and oxygen atoms in total. The van der Waals surface area contributed by atoms with E-state index in [9.17, 15) is 0 Å². The van der Waals surface area contributed by atoms with Crippen LogP contribution >= 0.6 is 11.6 Å². The minimum Gasteiger partial charge on any atom is -0.306 e. The van der Waals surface area contributed by atoms with E-state index in [-0.39, 0.29) is 5.54 Å². The van der Waals surface area contributed by atoms with Crippen molar-refractivity contribution in [1.29, 1.82) is 0 Å². The van der Waals surface area contributed by atoms with Gasteiger partial charge in [-0.25, -0.2) is 9.67 Å². The van der Waals surface area contributed by atoms with Crippen LogP contribution in [0.2, 0.25) is 0 Å². The molecule has 1 aliphatic carbocycles. The number of rotatable bonds is 4. The second-order valence-corrected chi connectivity index (χ2v) is 5.77. The standard InChI is InChI=1S/C14H21ClN4/c1-4-14(7-6-8-14)19-11(9-15)16-12-10(3)17-18(5-2)13(12)19/h4-9H2,1-3H3. The van der Waals surface area contributed by atoms with E-state index in [1.54, 1.807) is 0 Å². The first-order valence-corrected chi connectivity index (χ1v) is 7.71. The second kappa shape index (κ2) is 4.51. The van der Waals surface area contributed by atoms with Crippen LogP contribution in [0.15, 0.2) is 0 Å². The van der Waals surface area contributed by atoms with Gasteiger partial charge in [0.2, 0.25) is 0 Å². The highest BCUT2D eigenvalue weighted by molar-refractivity contribution is 6.16. The number of halogens is 1. The van der Waals surface area contributed by atoms with Crippen molar-refractivity contribution in [1.82, 2.24) is 19.3 Å². The Morgan fingerprint density at radius 3 is 2.53 bits per heavy atom. The summed E-state index contributed by atoms with van der Waals surface area (Å²) < 4.78 is 4.46. The molecule has 2 heterocycles. The molecule has 2 aromatic rings. The average Bonchev–Trinajstić information content (AvgIpc) is 2.88. The van der Waals surface area contributed by atoms with E-state index in [4.69, 9.17) is 16.6 Å². The molecule has 5 heteroatoms. The van der Waals surface area contributed by atoms with Crippen molar-refractivity contribution >= 4 is 22.8 Å². The van der Waals surface area contributed by atoms with Gasteiger partial charge in [-0.15, -0.1) is 11.6 Å². The molecule has 0 amide bonds. The third-order valence-electron chi connectivity index (χ3n) is 4.62. The normalized spacial score (nSPS) is 17.9. The monoisotopic (exact) mass is 280 g/mol. The number of hydrogen-bond acceptors (Lipinski definition) is 2. The van der Waals surface area contributed by atoms with E-state index in [0.29, 0.717) is 5.88 Å². The lowest BCUT2D eigenvalue weighted by molar-refractivity contribution is 0.136. The average molecular weight is 281 g/mol. The summed E-state index contributed by atoms with van der Waals surface area (Å²) in [5.74, 6) is 1.47. The molecule has 0 aromatic carbocycles. The van der Waals surface area contributed by atoms with Gasteiger partial charge in [0, 0.05) is 12.1 Å². The van der Waals surface area contributed by atoms with Gasteiger partial charge in [0.05, 0.1) is 11.6 Å². The summed E-state index contributed by atoms with van der Waals surface area (Å²) in [6.45, 7) is 7.30. The molecule has 1 aliphatic rings. The fourth-order valence-electron chi connectivity index (χ4n) is 3.34. The van der Waals surface area contributed by atoms with Gasteiger partial charge < -0.3 is 4.57 Å². The molecule has 2 aromatic heterocycles. The summed E-state index contributed by atoms with van der Waals surface area (Å²) in [5, 5.41) is 4.60. The first kappa shape index (κ1) is 13.0. The maximum Gasteiger partial charge on any atom is 0.159 e. The molecule has 3 rings (SSSR count).